The summed E-state index contributed by atoms with van der Waals surface area (Å²) in [5, 5.41) is 0. The number of carbonyl (C=O) groups is 2. The molecule has 2 aliphatic heterocycles. The van der Waals surface area contributed by atoms with Crippen molar-refractivity contribution < 1.29 is 36.8 Å². The predicted molar refractivity (Wildman–Crippen MR) is 98.7 cm³/mol. The molecule has 0 spiro atoms. The van der Waals surface area contributed by atoms with Crippen molar-refractivity contribution >= 4 is 24.5 Å². The number of amides is 1. The second-order valence-corrected chi connectivity index (χ2v) is 8.26. The van der Waals surface area contributed by atoms with Crippen molar-refractivity contribution in [3.63, 3.8) is 0 Å². The zero-order valence-corrected chi connectivity index (χ0v) is 17.0. The fourth-order valence-corrected chi connectivity index (χ4v) is 3.45. The van der Waals surface area contributed by atoms with E-state index in [1.165, 1.54) is 13.2 Å². The van der Waals surface area contributed by atoms with Crippen LogP contribution in [0.1, 0.15) is 49.2 Å². The summed E-state index contributed by atoms with van der Waals surface area (Å²) in [6.45, 7) is 7.17. The zero-order chi connectivity index (χ0) is 21.8. The molecule has 0 radical (unpaired) electrons. The fraction of sp³-hybridized carbons (Fsp3) is 0.579. The first-order chi connectivity index (χ1) is 13.3. The molecule has 2 aliphatic rings. The van der Waals surface area contributed by atoms with Crippen LogP contribution in [0.25, 0.3) is 0 Å². The van der Waals surface area contributed by atoms with Gasteiger partial charge in [0.1, 0.15) is 0 Å². The summed E-state index contributed by atoms with van der Waals surface area (Å²) in [6.07, 6.45) is -4.79. The van der Waals surface area contributed by atoms with Gasteiger partial charge in [-0.15, -0.1) is 0 Å². The van der Waals surface area contributed by atoms with Crippen LogP contribution < -0.4 is 5.46 Å². The third-order valence-electron chi connectivity index (χ3n) is 5.83. The lowest BCUT2D eigenvalue weighted by molar-refractivity contribution is -0.186. The van der Waals surface area contributed by atoms with Crippen LogP contribution in [0.2, 0.25) is 0 Å². The lowest BCUT2D eigenvalue weighted by atomic mass is 9.75. The maximum absolute atomic E-state index is 12.8. The number of nitrogens with zero attached hydrogens (tertiary/aromatic N) is 1. The van der Waals surface area contributed by atoms with Crippen molar-refractivity contribution in [2.75, 3.05) is 13.7 Å². The molecule has 0 saturated carbocycles. The van der Waals surface area contributed by atoms with Crippen LogP contribution in [0.4, 0.5) is 13.2 Å². The summed E-state index contributed by atoms with van der Waals surface area (Å²) in [7, 11) is 0.459. The van der Waals surface area contributed by atoms with Gasteiger partial charge in [0.05, 0.1) is 23.9 Å². The molecule has 10 heteroatoms. The van der Waals surface area contributed by atoms with E-state index in [-0.39, 0.29) is 25.1 Å². The standard InChI is InChI=1S/C19H23BF3NO5/c1-17(2)18(3,4)29-20(28-17)12-8-11-6-7-24(16(26)19(21,22)23)10-14(11)13(9-12)15(25)27-5/h8-9H,6-7,10H2,1-5H3. The van der Waals surface area contributed by atoms with Crippen molar-refractivity contribution in [2.45, 2.75) is 58.0 Å². The highest BCUT2D eigenvalue weighted by Crippen LogP contribution is 2.37. The molecular formula is C19H23BF3NO5. The Labute approximate surface area is 167 Å². The van der Waals surface area contributed by atoms with E-state index >= 15 is 0 Å². The summed E-state index contributed by atoms with van der Waals surface area (Å²) in [5.41, 5.74) is 0.529. The van der Waals surface area contributed by atoms with Crippen LogP contribution in [0.15, 0.2) is 12.1 Å². The second kappa shape index (κ2) is 7.02. The average molecular weight is 413 g/mol. The Hall–Kier alpha value is -2.07. The first kappa shape index (κ1) is 21.6. The molecule has 2 heterocycles. The van der Waals surface area contributed by atoms with Gasteiger partial charge >= 0.3 is 25.2 Å². The number of benzene rings is 1. The van der Waals surface area contributed by atoms with Crippen LogP contribution in [0.3, 0.4) is 0 Å². The number of alkyl halides is 3. The Balaban J connectivity index is 2.00. The van der Waals surface area contributed by atoms with Gasteiger partial charge in [0.2, 0.25) is 0 Å². The summed E-state index contributed by atoms with van der Waals surface area (Å²) >= 11 is 0. The van der Waals surface area contributed by atoms with Crippen LogP contribution in [0.5, 0.6) is 0 Å². The van der Waals surface area contributed by atoms with Gasteiger partial charge in [0.15, 0.2) is 0 Å². The molecule has 1 saturated heterocycles. The molecule has 0 bridgehead atoms. The van der Waals surface area contributed by atoms with Crippen LogP contribution >= 0.6 is 0 Å². The van der Waals surface area contributed by atoms with E-state index in [2.05, 4.69) is 0 Å². The van der Waals surface area contributed by atoms with Crippen molar-refractivity contribution in [2.24, 2.45) is 0 Å². The van der Waals surface area contributed by atoms with Crippen LogP contribution in [0, 0.1) is 0 Å². The summed E-state index contributed by atoms with van der Waals surface area (Å²) < 4.78 is 55.4. The van der Waals surface area contributed by atoms with E-state index in [4.69, 9.17) is 14.0 Å². The third-order valence-corrected chi connectivity index (χ3v) is 5.83. The largest absolute Gasteiger partial charge is 0.494 e. The Morgan fingerprint density at radius 3 is 2.24 bits per heavy atom. The number of ether oxygens (including phenoxy) is 1. The molecule has 0 aliphatic carbocycles. The smallest absolute Gasteiger partial charge is 0.465 e. The normalized spacial score (nSPS) is 20.4. The third kappa shape index (κ3) is 3.87. The number of rotatable bonds is 2. The molecule has 0 aromatic heterocycles. The highest BCUT2D eigenvalue weighted by atomic mass is 19.4. The molecular weight excluding hydrogens is 390 g/mol. The lowest BCUT2D eigenvalue weighted by Crippen LogP contribution is -2.45. The number of fused-ring (bicyclic) bond motifs is 1. The van der Waals surface area contributed by atoms with E-state index in [0.717, 1.165) is 0 Å². The predicted octanol–water partition coefficient (Wildman–Crippen LogP) is 2.22. The molecule has 6 nitrogen and oxygen atoms in total. The van der Waals surface area contributed by atoms with Gasteiger partial charge in [-0.1, -0.05) is 6.07 Å². The van der Waals surface area contributed by atoms with Crippen LogP contribution in [-0.4, -0.2) is 54.9 Å². The quantitative estimate of drug-likeness (QED) is 0.550. The molecule has 1 aromatic carbocycles. The van der Waals surface area contributed by atoms with Gasteiger partial charge in [-0.3, -0.25) is 4.79 Å². The molecule has 0 N–H and O–H groups in total. The zero-order valence-electron chi connectivity index (χ0n) is 17.0. The monoisotopic (exact) mass is 413 g/mol. The Kier molecular flexibility index (Phi) is 5.24. The highest BCUT2D eigenvalue weighted by Gasteiger charge is 2.52. The summed E-state index contributed by atoms with van der Waals surface area (Å²) in [5.74, 6) is -2.62. The fourth-order valence-electron chi connectivity index (χ4n) is 3.45. The summed E-state index contributed by atoms with van der Waals surface area (Å²) in [6, 6.07) is 3.27. The SMILES string of the molecule is COC(=O)c1cc(B2OC(C)(C)C(C)(C)O2)cc2c1CN(C(=O)C(F)(F)F)CC2. The van der Waals surface area contributed by atoms with Crippen molar-refractivity contribution in [3.05, 3.63) is 28.8 Å². The average Bonchev–Trinajstić information content (AvgIpc) is 2.85. The van der Waals surface area contributed by atoms with E-state index in [0.29, 0.717) is 21.5 Å². The van der Waals surface area contributed by atoms with E-state index < -0.39 is 36.4 Å². The minimum Gasteiger partial charge on any atom is -0.465 e. The minimum atomic E-state index is -4.97. The number of esters is 1. The van der Waals surface area contributed by atoms with Gasteiger partial charge in [0.25, 0.3) is 0 Å². The highest BCUT2D eigenvalue weighted by molar-refractivity contribution is 6.62. The first-order valence-corrected chi connectivity index (χ1v) is 9.22. The van der Waals surface area contributed by atoms with Gasteiger partial charge in [-0.05, 0) is 56.8 Å². The molecule has 158 valence electrons. The van der Waals surface area contributed by atoms with Gasteiger partial charge < -0.3 is 18.9 Å². The maximum Gasteiger partial charge on any atom is 0.494 e. The lowest BCUT2D eigenvalue weighted by Gasteiger charge is -2.32. The molecule has 1 amide bonds. The molecule has 1 aromatic rings. The molecule has 1 fully saturated rings. The summed E-state index contributed by atoms with van der Waals surface area (Å²) in [4.78, 5) is 24.7. The first-order valence-electron chi connectivity index (χ1n) is 9.22. The number of hydrogen-bond donors (Lipinski definition) is 0. The van der Waals surface area contributed by atoms with Gasteiger partial charge in [0, 0.05) is 13.1 Å². The van der Waals surface area contributed by atoms with Gasteiger partial charge in [-0.2, -0.15) is 13.2 Å². The molecule has 0 atom stereocenters. The Morgan fingerprint density at radius 2 is 1.72 bits per heavy atom. The van der Waals surface area contributed by atoms with E-state index in [1.54, 1.807) is 6.07 Å². The van der Waals surface area contributed by atoms with Crippen molar-refractivity contribution in [1.29, 1.82) is 0 Å². The second-order valence-electron chi connectivity index (χ2n) is 8.26. The molecule has 3 rings (SSSR count). The van der Waals surface area contributed by atoms with Crippen LogP contribution in [-0.2, 0) is 31.8 Å². The number of carbonyl (C=O) groups excluding carboxylic acids is 2. The van der Waals surface area contributed by atoms with Crippen molar-refractivity contribution in [3.8, 4) is 0 Å². The Morgan fingerprint density at radius 1 is 1.14 bits per heavy atom. The molecule has 0 unspecified atom stereocenters. The molecule has 29 heavy (non-hydrogen) atoms. The van der Waals surface area contributed by atoms with E-state index in [9.17, 15) is 22.8 Å². The topological polar surface area (TPSA) is 65.1 Å². The maximum atomic E-state index is 12.8. The minimum absolute atomic E-state index is 0.0984. The number of hydrogen-bond acceptors (Lipinski definition) is 5. The van der Waals surface area contributed by atoms with E-state index in [1.807, 2.05) is 27.7 Å². The number of halogens is 3. The number of methoxy groups -OCH3 is 1. The van der Waals surface area contributed by atoms with Gasteiger partial charge in [-0.25, -0.2) is 4.79 Å². The Bertz CT molecular complexity index is 837. The van der Waals surface area contributed by atoms with Crippen molar-refractivity contribution in [1.82, 2.24) is 4.90 Å².